The van der Waals surface area contributed by atoms with Crippen LogP contribution in [0.15, 0.2) is 66.7 Å². The second kappa shape index (κ2) is 10.1. The van der Waals surface area contributed by atoms with Crippen LogP contribution in [0.4, 0.5) is 4.39 Å². The van der Waals surface area contributed by atoms with E-state index in [4.69, 9.17) is 4.74 Å². The van der Waals surface area contributed by atoms with E-state index in [0.717, 1.165) is 10.8 Å². The van der Waals surface area contributed by atoms with Crippen LogP contribution in [-0.4, -0.2) is 60.5 Å². The van der Waals surface area contributed by atoms with E-state index in [0.29, 0.717) is 43.9 Å². The molecule has 3 aromatic rings. The minimum absolute atomic E-state index is 0.0360. The van der Waals surface area contributed by atoms with E-state index in [2.05, 4.69) is 13.8 Å². The zero-order chi connectivity index (χ0) is 23.4. The fourth-order valence-electron chi connectivity index (χ4n) is 4.30. The van der Waals surface area contributed by atoms with Crippen LogP contribution < -0.4 is 0 Å². The molecule has 172 valence electrons. The molecule has 6 heteroatoms. The molecule has 4 rings (SSSR count). The van der Waals surface area contributed by atoms with Crippen LogP contribution in [0, 0.1) is 11.7 Å². The quantitative estimate of drug-likeness (QED) is 0.553. The van der Waals surface area contributed by atoms with E-state index < -0.39 is 0 Å². The van der Waals surface area contributed by atoms with Gasteiger partial charge in [0.15, 0.2) is 0 Å². The van der Waals surface area contributed by atoms with Gasteiger partial charge < -0.3 is 14.5 Å². The molecule has 1 unspecified atom stereocenters. The standard InChI is InChI=1S/C27H29FN2O3/c1-19(2)16-30(27(32)25-9-5-7-20-6-3-4-8-24(20)25)18-23-17-29(14-15-33-23)26(31)21-10-12-22(28)13-11-21/h3-13,19,23H,14-18H2,1-2H3. The van der Waals surface area contributed by atoms with Gasteiger partial charge in [-0.15, -0.1) is 0 Å². The maximum Gasteiger partial charge on any atom is 0.254 e. The van der Waals surface area contributed by atoms with Gasteiger partial charge in [-0.1, -0.05) is 50.2 Å². The van der Waals surface area contributed by atoms with Crippen LogP contribution in [-0.2, 0) is 4.74 Å². The third-order valence-corrected chi connectivity index (χ3v) is 5.83. The highest BCUT2D eigenvalue weighted by molar-refractivity contribution is 6.07. The van der Waals surface area contributed by atoms with Crippen molar-refractivity contribution in [2.24, 2.45) is 5.92 Å². The van der Waals surface area contributed by atoms with Crippen LogP contribution >= 0.6 is 0 Å². The van der Waals surface area contributed by atoms with Gasteiger partial charge >= 0.3 is 0 Å². The molecule has 1 aliphatic heterocycles. The molecule has 2 amide bonds. The molecule has 1 fully saturated rings. The van der Waals surface area contributed by atoms with Gasteiger partial charge in [-0.25, -0.2) is 4.39 Å². The highest BCUT2D eigenvalue weighted by Crippen LogP contribution is 2.21. The molecule has 0 aromatic heterocycles. The number of morpholine rings is 1. The number of benzene rings is 3. The summed E-state index contributed by atoms with van der Waals surface area (Å²) in [5, 5.41) is 1.95. The molecule has 0 saturated carbocycles. The molecule has 0 spiro atoms. The van der Waals surface area contributed by atoms with Crippen LogP contribution in [0.1, 0.15) is 34.6 Å². The summed E-state index contributed by atoms with van der Waals surface area (Å²) in [6.07, 6.45) is -0.291. The molecule has 33 heavy (non-hydrogen) atoms. The Hall–Kier alpha value is -3.25. The molecule has 1 atom stereocenters. The number of hydrogen-bond donors (Lipinski definition) is 0. The van der Waals surface area contributed by atoms with E-state index in [1.807, 2.05) is 47.4 Å². The van der Waals surface area contributed by atoms with Gasteiger partial charge in [-0.3, -0.25) is 9.59 Å². The molecule has 3 aromatic carbocycles. The minimum Gasteiger partial charge on any atom is -0.373 e. The predicted molar refractivity (Wildman–Crippen MR) is 127 cm³/mol. The monoisotopic (exact) mass is 448 g/mol. The number of hydrogen-bond acceptors (Lipinski definition) is 3. The molecule has 1 heterocycles. The van der Waals surface area contributed by atoms with Gasteiger partial charge in [-0.05, 0) is 47.0 Å². The largest absolute Gasteiger partial charge is 0.373 e. The summed E-state index contributed by atoms with van der Waals surface area (Å²) in [6.45, 7) is 6.39. The lowest BCUT2D eigenvalue weighted by molar-refractivity contribution is -0.0340. The number of nitrogens with zero attached hydrogens (tertiary/aromatic N) is 2. The summed E-state index contributed by atoms with van der Waals surface area (Å²) in [7, 11) is 0. The molecule has 0 bridgehead atoms. The van der Waals surface area contributed by atoms with Gasteiger partial charge in [0.2, 0.25) is 0 Å². The zero-order valence-electron chi connectivity index (χ0n) is 19.0. The van der Waals surface area contributed by atoms with Crippen molar-refractivity contribution in [3.8, 4) is 0 Å². The first kappa shape index (κ1) is 22.9. The lowest BCUT2D eigenvalue weighted by Crippen LogP contribution is -2.51. The van der Waals surface area contributed by atoms with Gasteiger partial charge in [-0.2, -0.15) is 0 Å². The molecular formula is C27H29FN2O3. The first-order chi connectivity index (χ1) is 15.9. The second-order valence-corrected chi connectivity index (χ2v) is 8.88. The van der Waals surface area contributed by atoms with E-state index in [1.165, 1.54) is 24.3 Å². The summed E-state index contributed by atoms with van der Waals surface area (Å²) in [6, 6.07) is 19.2. The molecule has 5 nitrogen and oxygen atoms in total. The van der Waals surface area contributed by atoms with Gasteiger partial charge in [0.25, 0.3) is 11.8 Å². The number of halogens is 1. The van der Waals surface area contributed by atoms with Crippen molar-refractivity contribution in [1.82, 2.24) is 9.80 Å². The lowest BCUT2D eigenvalue weighted by atomic mass is 10.0. The van der Waals surface area contributed by atoms with Crippen LogP contribution in [0.5, 0.6) is 0 Å². The Morgan fingerprint density at radius 2 is 1.79 bits per heavy atom. The van der Waals surface area contributed by atoms with Gasteiger partial charge in [0.1, 0.15) is 5.82 Å². The molecule has 0 aliphatic carbocycles. The van der Waals surface area contributed by atoms with Crippen molar-refractivity contribution in [2.75, 3.05) is 32.8 Å². The number of fused-ring (bicyclic) bond motifs is 1. The van der Waals surface area contributed by atoms with Crippen molar-refractivity contribution in [2.45, 2.75) is 20.0 Å². The van der Waals surface area contributed by atoms with Gasteiger partial charge in [0.05, 0.1) is 12.7 Å². The van der Waals surface area contributed by atoms with Gasteiger partial charge in [0, 0.05) is 37.3 Å². The normalized spacial score (nSPS) is 16.2. The summed E-state index contributed by atoms with van der Waals surface area (Å²) in [5.41, 5.74) is 1.12. The first-order valence-electron chi connectivity index (χ1n) is 11.4. The zero-order valence-corrected chi connectivity index (χ0v) is 19.0. The van der Waals surface area contributed by atoms with E-state index in [9.17, 15) is 14.0 Å². The van der Waals surface area contributed by atoms with Crippen LogP contribution in [0.2, 0.25) is 0 Å². The Balaban J connectivity index is 1.51. The van der Waals surface area contributed by atoms with Crippen molar-refractivity contribution < 1.29 is 18.7 Å². The molecule has 1 saturated heterocycles. The van der Waals surface area contributed by atoms with Crippen LogP contribution in [0.3, 0.4) is 0 Å². The van der Waals surface area contributed by atoms with Crippen molar-refractivity contribution in [1.29, 1.82) is 0 Å². The third kappa shape index (κ3) is 5.40. The highest BCUT2D eigenvalue weighted by Gasteiger charge is 2.29. The Morgan fingerprint density at radius 3 is 2.55 bits per heavy atom. The lowest BCUT2D eigenvalue weighted by Gasteiger charge is -2.36. The highest BCUT2D eigenvalue weighted by atomic mass is 19.1. The molecule has 0 radical (unpaired) electrons. The average molecular weight is 449 g/mol. The Morgan fingerprint density at radius 1 is 1.06 bits per heavy atom. The maximum absolute atomic E-state index is 13.6. The Bertz CT molecular complexity index is 1120. The molecule has 1 aliphatic rings. The molecular weight excluding hydrogens is 419 g/mol. The maximum atomic E-state index is 13.6. The number of carbonyl (C=O) groups excluding carboxylic acids is 2. The smallest absolute Gasteiger partial charge is 0.254 e. The predicted octanol–water partition coefficient (Wildman–Crippen LogP) is 4.62. The van der Waals surface area contributed by atoms with E-state index in [1.54, 1.807) is 4.90 Å². The minimum atomic E-state index is -0.373. The van der Waals surface area contributed by atoms with E-state index >= 15 is 0 Å². The van der Waals surface area contributed by atoms with Crippen LogP contribution in [0.25, 0.3) is 10.8 Å². The topological polar surface area (TPSA) is 49.9 Å². The summed E-state index contributed by atoms with van der Waals surface area (Å²) in [5.74, 6) is -0.280. The number of rotatable bonds is 6. The Kier molecular flexibility index (Phi) is 7.04. The average Bonchev–Trinajstić information content (AvgIpc) is 2.83. The second-order valence-electron chi connectivity index (χ2n) is 8.88. The Labute approximate surface area is 193 Å². The summed E-state index contributed by atoms with van der Waals surface area (Å²) >= 11 is 0. The SMILES string of the molecule is CC(C)CN(CC1CN(C(=O)c2ccc(F)cc2)CCO1)C(=O)c1cccc2ccccc12. The van der Waals surface area contributed by atoms with Crippen molar-refractivity contribution in [3.05, 3.63) is 83.7 Å². The third-order valence-electron chi connectivity index (χ3n) is 5.83. The fraction of sp³-hybridized carbons (Fsp3) is 0.333. The number of amides is 2. The fourth-order valence-corrected chi connectivity index (χ4v) is 4.30. The number of ether oxygens (including phenoxy) is 1. The number of carbonyl (C=O) groups is 2. The molecule has 0 N–H and O–H groups in total. The summed E-state index contributed by atoms with van der Waals surface area (Å²) < 4.78 is 19.2. The van der Waals surface area contributed by atoms with E-state index in [-0.39, 0.29) is 29.7 Å². The summed E-state index contributed by atoms with van der Waals surface area (Å²) in [4.78, 5) is 30.0. The van der Waals surface area contributed by atoms with Crippen molar-refractivity contribution >= 4 is 22.6 Å². The van der Waals surface area contributed by atoms with Crippen molar-refractivity contribution in [3.63, 3.8) is 0 Å². The first-order valence-corrected chi connectivity index (χ1v) is 11.4.